The average Bonchev–Trinajstić information content (AvgIpc) is 3.34. The molecule has 1 fully saturated rings. The predicted molar refractivity (Wildman–Crippen MR) is 138 cm³/mol. The maximum atomic E-state index is 13.5. The molecule has 2 aliphatic rings. The van der Waals surface area contributed by atoms with Crippen LogP contribution in [-0.4, -0.2) is 35.8 Å². The van der Waals surface area contributed by atoms with Crippen molar-refractivity contribution in [2.45, 2.75) is 31.3 Å². The summed E-state index contributed by atoms with van der Waals surface area (Å²) in [7, 11) is 1.94. The van der Waals surface area contributed by atoms with E-state index in [0.717, 1.165) is 18.7 Å². The summed E-state index contributed by atoms with van der Waals surface area (Å²) >= 11 is 12.3. The number of rotatable bonds is 4. The lowest BCUT2D eigenvalue weighted by atomic mass is 9.78. The number of benzene rings is 3. The van der Waals surface area contributed by atoms with Gasteiger partial charge in [0.1, 0.15) is 0 Å². The van der Waals surface area contributed by atoms with Crippen LogP contribution in [0.15, 0.2) is 66.7 Å². The Kier molecular flexibility index (Phi) is 7.35. The molecular formula is C27H27Cl3N2O. The van der Waals surface area contributed by atoms with Gasteiger partial charge in [0.25, 0.3) is 0 Å². The van der Waals surface area contributed by atoms with Crippen LogP contribution in [0.4, 0.5) is 0 Å². The summed E-state index contributed by atoms with van der Waals surface area (Å²) in [5, 5.41) is 0.981. The van der Waals surface area contributed by atoms with Crippen molar-refractivity contribution in [1.82, 2.24) is 9.80 Å². The molecule has 1 saturated heterocycles. The Balaban J connectivity index is 0.00000259. The fourth-order valence-corrected chi connectivity index (χ4v) is 5.60. The molecule has 0 saturated carbocycles. The molecule has 0 unspecified atom stereocenters. The SMILES string of the molecule is CN(C(=O)Cc1ccc(Cl)c(Cl)c1)[C@H]1c2ccccc2-c2ccccc2[C@@H]1N1CCCC1.Cl. The number of nitrogens with zero attached hydrogens (tertiary/aromatic N) is 2. The number of fused-ring (bicyclic) bond motifs is 3. The molecule has 1 aliphatic heterocycles. The summed E-state index contributed by atoms with van der Waals surface area (Å²) in [6.07, 6.45) is 2.70. The third-order valence-corrected chi connectivity index (χ3v) is 7.57. The van der Waals surface area contributed by atoms with Crippen molar-refractivity contribution in [1.29, 1.82) is 0 Å². The molecule has 0 radical (unpaired) electrons. The van der Waals surface area contributed by atoms with Gasteiger partial charge in [-0.3, -0.25) is 9.69 Å². The number of carbonyl (C=O) groups excluding carboxylic acids is 1. The second kappa shape index (κ2) is 10.1. The van der Waals surface area contributed by atoms with Gasteiger partial charge in [0.2, 0.25) is 5.91 Å². The van der Waals surface area contributed by atoms with Crippen LogP contribution in [0.1, 0.15) is 41.6 Å². The van der Waals surface area contributed by atoms with Gasteiger partial charge in [0.15, 0.2) is 0 Å². The maximum Gasteiger partial charge on any atom is 0.227 e. The summed E-state index contributed by atoms with van der Waals surface area (Å²) < 4.78 is 0. The Morgan fingerprint density at radius 2 is 1.52 bits per heavy atom. The minimum atomic E-state index is -0.0468. The minimum absolute atomic E-state index is 0. The normalized spacial score (nSPS) is 19.4. The van der Waals surface area contributed by atoms with Gasteiger partial charge in [-0.1, -0.05) is 77.8 Å². The van der Waals surface area contributed by atoms with Crippen molar-refractivity contribution >= 4 is 41.5 Å². The Morgan fingerprint density at radius 1 is 0.909 bits per heavy atom. The molecular weight excluding hydrogens is 475 g/mol. The summed E-state index contributed by atoms with van der Waals surface area (Å²) in [6, 6.07) is 22.7. The summed E-state index contributed by atoms with van der Waals surface area (Å²) in [5.74, 6) is 0.0757. The quantitative estimate of drug-likeness (QED) is 0.385. The fraction of sp³-hybridized carbons (Fsp3) is 0.296. The largest absolute Gasteiger partial charge is 0.336 e. The van der Waals surface area contributed by atoms with Crippen LogP contribution in [-0.2, 0) is 11.2 Å². The van der Waals surface area contributed by atoms with Crippen molar-refractivity contribution in [3.63, 3.8) is 0 Å². The van der Waals surface area contributed by atoms with Gasteiger partial charge in [-0.05, 0) is 65.9 Å². The average molecular weight is 502 g/mol. The van der Waals surface area contributed by atoms with Crippen molar-refractivity contribution in [3.05, 3.63) is 93.5 Å². The highest BCUT2D eigenvalue weighted by Gasteiger charge is 2.41. The van der Waals surface area contributed by atoms with E-state index in [2.05, 4.69) is 53.4 Å². The minimum Gasteiger partial charge on any atom is -0.336 e. The van der Waals surface area contributed by atoms with Gasteiger partial charge in [0, 0.05) is 7.05 Å². The van der Waals surface area contributed by atoms with E-state index in [4.69, 9.17) is 23.2 Å². The Labute approximate surface area is 211 Å². The molecule has 1 aliphatic carbocycles. The van der Waals surface area contributed by atoms with E-state index in [9.17, 15) is 4.79 Å². The first kappa shape index (κ1) is 24.1. The number of likely N-dealkylation sites (tertiary alicyclic amines) is 1. The molecule has 0 bridgehead atoms. The highest BCUT2D eigenvalue weighted by atomic mass is 35.5. The molecule has 3 aromatic carbocycles. The van der Waals surface area contributed by atoms with Crippen LogP contribution in [0.5, 0.6) is 0 Å². The second-order valence-electron chi connectivity index (χ2n) is 8.74. The molecule has 0 aromatic heterocycles. The van der Waals surface area contributed by atoms with Gasteiger partial charge < -0.3 is 4.90 Å². The molecule has 172 valence electrons. The zero-order valence-electron chi connectivity index (χ0n) is 18.5. The molecule has 3 aromatic rings. The van der Waals surface area contributed by atoms with E-state index in [1.807, 2.05) is 18.0 Å². The lowest BCUT2D eigenvalue weighted by molar-refractivity contribution is -0.133. The smallest absolute Gasteiger partial charge is 0.227 e. The molecule has 3 nitrogen and oxygen atoms in total. The van der Waals surface area contributed by atoms with Gasteiger partial charge in [0.05, 0.1) is 28.5 Å². The number of amides is 1. The summed E-state index contributed by atoms with van der Waals surface area (Å²) in [6.45, 7) is 2.12. The van der Waals surface area contributed by atoms with E-state index >= 15 is 0 Å². The van der Waals surface area contributed by atoms with E-state index in [1.165, 1.54) is 35.1 Å². The van der Waals surface area contributed by atoms with E-state index in [0.29, 0.717) is 16.5 Å². The Hall–Kier alpha value is -2.04. The topological polar surface area (TPSA) is 23.6 Å². The highest BCUT2D eigenvalue weighted by molar-refractivity contribution is 6.42. The fourth-order valence-electron chi connectivity index (χ4n) is 5.28. The van der Waals surface area contributed by atoms with E-state index in [1.54, 1.807) is 12.1 Å². The standard InChI is InChI=1S/C27H26Cl2N2O.ClH/c1-30(25(32)17-18-12-13-23(28)24(29)16-18)26-21-10-4-2-8-19(21)20-9-3-5-11-22(20)27(26)31-14-6-7-15-31;/h2-5,8-13,16,26-27H,6-7,14-15,17H2,1H3;1H/t26-,27-;/m0./s1. The zero-order chi connectivity index (χ0) is 22.2. The van der Waals surface area contributed by atoms with Crippen molar-refractivity contribution < 1.29 is 4.79 Å². The lowest BCUT2D eigenvalue weighted by Gasteiger charge is -2.44. The number of hydrogen-bond acceptors (Lipinski definition) is 2. The molecule has 2 atom stereocenters. The highest BCUT2D eigenvalue weighted by Crippen LogP contribution is 2.50. The first-order valence-corrected chi connectivity index (χ1v) is 11.9. The summed E-state index contributed by atoms with van der Waals surface area (Å²) in [5.41, 5.74) is 5.90. The van der Waals surface area contributed by atoms with Gasteiger partial charge in [-0.25, -0.2) is 0 Å². The molecule has 1 amide bonds. The van der Waals surface area contributed by atoms with Crippen molar-refractivity contribution in [2.24, 2.45) is 0 Å². The Morgan fingerprint density at radius 3 is 2.18 bits per heavy atom. The number of halogens is 3. The predicted octanol–water partition coefficient (Wildman–Crippen LogP) is 6.97. The monoisotopic (exact) mass is 500 g/mol. The summed E-state index contributed by atoms with van der Waals surface area (Å²) in [4.78, 5) is 18.0. The molecule has 0 N–H and O–H groups in total. The molecule has 33 heavy (non-hydrogen) atoms. The van der Waals surface area contributed by atoms with Crippen LogP contribution in [0, 0.1) is 0 Å². The molecule has 1 heterocycles. The third-order valence-electron chi connectivity index (χ3n) is 6.83. The van der Waals surface area contributed by atoms with Crippen LogP contribution in [0.3, 0.4) is 0 Å². The molecule has 0 spiro atoms. The first-order chi connectivity index (χ1) is 15.5. The molecule has 5 rings (SSSR count). The third kappa shape index (κ3) is 4.52. The van der Waals surface area contributed by atoms with Crippen LogP contribution < -0.4 is 0 Å². The zero-order valence-corrected chi connectivity index (χ0v) is 20.8. The van der Waals surface area contributed by atoms with Gasteiger partial charge in [-0.2, -0.15) is 0 Å². The lowest BCUT2D eigenvalue weighted by Crippen LogP contribution is -2.43. The number of carbonyl (C=O) groups is 1. The van der Waals surface area contributed by atoms with Gasteiger partial charge in [-0.15, -0.1) is 12.4 Å². The van der Waals surface area contributed by atoms with Crippen molar-refractivity contribution in [2.75, 3.05) is 20.1 Å². The second-order valence-corrected chi connectivity index (χ2v) is 9.55. The number of hydrogen-bond donors (Lipinski definition) is 0. The van der Waals surface area contributed by atoms with Crippen LogP contribution >= 0.6 is 35.6 Å². The van der Waals surface area contributed by atoms with Crippen LogP contribution in [0.2, 0.25) is 10.0 Å². The van der Waals surface area contributed by atoms with Crippen LogP contribution in [0.25, 0.3) is 11.1 Å². The van der Waals surface area contributed by atoms with E-state index in [-0.39, 0.29) is 30.4 Å². The first-order valence-electron chi connectivity index (χ1n) is 11.2. The van der Waals surface area contributed by atoms with Gasteiger partial charge >= 0.3 is 0 Å². The molecule has 6 heteroatoms. The maximum absolute atomic E-state index is 13.5. The number of likely N-dealkylation sites (N-methyl/N-ethyl adjacent to an activating group) is 1. The Bertz CT molecular complexity index is 1160. The van der Waals surface area contributed by atoms with E-state index < -0.39 is 0 Å². The van der Waals surface area contributed by atoms with Crippen molar-refractivity contribution in [3.8, 4) is 11.1 Å².